The van der Waals surface area contributed by atoms with Crippen LogP contribution in [0, 0.1) is 10.1 Å². The predicted molar refractivity (Wildman–Crippen MR) is 116 cm³/mol. The summed E-state index contributed by atoms with van der Waals surface area (Å²) in [7, 11) is 1.32. The van der Waals surface area contributed by atoms with Crippen LogP contribution in [0.25, 0.3) is 33.2 Å². The average Bonchev–Trinajstić information content (AvgIpc) is 3.10. The highest BCUT2D eigenvalue weighted by atomic mass is 19.4. The number of hydrogen-bond donors (Lipinski definition) is 2. The Hall–Kier alpha value is -4.28. The van der Waals surface area contributed by atoms with E-state index in [1.807, 2.05) is 0 Å². The van der Waals surface area contributed by atoms with E-state index < -0.39 is 34.8 Å². The maximum absolute atomic E-state index is 13.4. The van der Waals surface area contributed by atoms with Crippen molar-refractivity contribution in [1.29, 1.82) is 0 Å². The van der Waals surface area contributed by atoms with Crippen LogP contribution in [0.3, 0.4) is 0 Å². The van der Waals surface area contributed by atoms with E-state index in [4.69, 9.17) is 14.9 Å². The van der Waals surface area contributed by atoms with Gasteiger partial charge in [0, 0.05) is 17.0 Å². The number of nitrogen functional groups attached to an aromatic ring is 1. The zero-order valence-corrected chi connectivity index (χ0v) is 17.4. The van der Waals surface area contributed by atoms with Crippen molar-refractivity contribution in [2.75, 3.05) is 12.8 Å². The monoisotopic (exact) mass is 476 g/mol. The minimum atomic E-state index is -4.63. The lowest BCUT2D eigenvalue weighted by molar-refractivity contribution is -0.383. The highest BCUT2D eigenvalue weighted by Gasteiger charge is 2.32. The highest BCUT2D eigenvalue weighted by Crippen LogP contribution is 2.49. The fraction of sp³-hybridized carbons (Fsp3) is 0.130. The first-order valence-corrected chi connectivity index (χ1v) is 9.69. The lowest BCUT2D eigenvalue weighted by Crippen LogP contribution is -2.04. The van der Waals surface area contributed by atoms with Gasteiger partial charge in [0.15, 0.2) is 11.5 Å². The quantitative estimate of drug-likeness (QED) is 0.194. The van der Waals surface area contributed by atoms with E-state index in [0.29, 0.717) is 0 Å². The number of nitro groups is 1. The minimum absolute atomic E-state index is 0.00253. The number of nitro benzene ring substituents is 1. The number of fused-ring (bicyclic) bond motifs is 1. The molecule has 7 nitrogen and oxygen atoms in total. The first kappa shape index (κ1) is 22.9. The molecule has 11 heteroatoms. The average molecular weight is 476 g/mol. The van der Waals surface area contributed by atoms with Crippen molar-refractivity contribution in [2.45, 2.75) is 12.9 Å². The number of ether oxygens (including phenoxy) is 1. The van der Waals surface area contributed by atoms with Gasteiger partial charge >= 0.3 is 6.18 Å². The Labute approximate surface area is 189 Å². The Bertz CT molecular complexity index is 1430. The highest BCUT2D eigenvalue weighted by molar-refractivity contribution is 6.04. The number of rotatable bonds is 5. The zero-order valence-electron chi connectivity index (χ0n) is 17.4. The van der Waals surface area contributed by atoms with Gasteiger partial charge < -0.3 is 20.0 Å². The van der Waals surface area contributed by atoms with Crippen LogP contribution in [0.4, 0.5) is 29.1 Å². The number of halogens is 4. The summed E-state index contributed by atoms with van der Waals surface area (Å²) < 4.78 is 63.7. The van der Waals surface area contributed by atoms with Gasteiger partial charge in [-0.2, -0.15) is 13.2 Å². The molecule has 0 amide bonds. The zero-order chi connectivity index (χ0) is 24.8. The molecule has 1 aromatic heterocycles. The number of nitrogens with zero attached hydrogens (tertiary/aromatic N) is 1. The number of anilines is 1. The molecule has 0 bridgehead atoms. The van der Waals surface area contributed by atoms with E-state index in [1.165, 1.54) is 31.4 Å². The second-order valence-electron chi connectivity index (χ2n) is 7.37. The molecule has 176 valence electrons. The molecule has 34 heavy (non-hydrogen) atoms. The van der Waals surface area contributed by atoms with E-state index in [1.54, 1.807) is 0 Å². The molecule has 0 aliphatic rings. The van der Waals surface area contributed by atoms with Crippen molar-refractivity contribution in [3.8, 4) is 33.9 Å². The SMILES string of the molecule is COc1cc(-c2oc(N)c(-c3cccc(C(F)(F)F)c3)c2O)c2cc(CF)cc([N+](=O)[O-])c2c1. The molecule has 0 radical (unpaired) electrons. The second-order valence-corrected chi connectivity index (χ2v) is 7.37. The van der Waals surface area contributed by atoms with Gasteiger partial charge in [0.2, 0.25) is 5.88 Å². The molecule has 0 aliphatic heterocycles. The van der Waals surface area contributed by atoms with Gasteiger partial charge in [-0.05, 0) is 41.5 Å². The lowest BCUT2D eigenvalue weighted by atomic mass is 9.97. The summed E-state index contributed by atoms with van der Waals surface area (Å²) in [4.78, 5) is 10.9. The minimum Gasteiger partial charge on any atom is -0.504 e. The molecule has 0 saturated heterocycles. The van der Waals surface area contributed by atoms with E-state index in [-0.39, 0.29) is 50.4 Å². The van der Waals surface area contributed by atoms with E-state index in [9.17, 15) is 32.8 Å². The van der Waals surface area contributed by atoms with E-state index >= 15 is 0 Å². The normalized spacial score (nSPS) is 11.7. The molecular formula is C23H16F4N2O5. The van der Waals surface area contributed by atoms with Crippen LogP contribution in [0.15, 0.2) is 52.9 Å². The Kier molecular flexibility index (Phi) is 5.56. The summed E-state index contributed by atoms with van der Waals surface area (Å²) in [5, 5.41) is 22.8. The molecule has 4 rings (SSSR count). The smallest absolute Gasteiger partial charge is 0.416 e. The molecule has 4 aromatic rings. The maximum atomic E-state index is 13.4. The fourth-order valence-corrected chi connectivity index (χ4v) is 3.76. The van der Waals surface area contributed by atoms with Crippen LogP contribution in [-0.2, 0) is 12.9 Å². The van der Waals surface area contributed by atoms with Gasteiger partial charge in [0.25, 0.3) is 5.69 Å². The molecule has 3 N–H and O–H groups in total. The number of hydrogen-bond acceptors (Lipinski definition) is 6. The molecule has 0 unspecified atom stereocenters. The third kappa shape index (κ3) is 3.85. The number of benzene rings is 3. The van der Waals surface area contributed by atoms with Gasteiger partial charge in [0.05, 0.1) is 28.5 Å². The van der Waals surface area contributed by atoms with Crippen LogP contribution in [-0.4, -0.2) is 17.1 Å². The molecular weight excluding hydrogens is 460 g/mol. The van der Waals surface area contributed by atoms with Gasteiger partial charge in [-0.1, -0.05) is 12.1 Å². The number of nitrogens with two attached hydrogens (primary N) is 1. The number of methoxy groups -OCH3 is 1. The van der Waals surface area contributed by atoms with Crippen molar-refractivity contribution in [3.63, 3.8) is 0 Å². The summed E-state index contributed by atoms with van der Waals surface area (Å²) in [6, 6.07) is 9.33. The van der Waals surface area contributed by atoms with Gasteiger partial charge in [-0.15, -0.1) is 0 Å². The number of furan rings is 1. The standard InChI is InChI=1S/C23H16F4N2O5/c1-33-14-8-16-15(5-11(10-24)6-18(16)29(31)32)17(9-14)21-20(30)19(22(28)34-21)12-3-2-4-13(7-12)23(25,26)27/h2-9,30H,10,28H2,1H3. The Morgan fingerprint density at radius 3 is 2.50 bits per heavy atom. The van der Waals surface area contributed by atoms with E-state index in [2.05, 4.69) is 0 Å². The number of alkyl halides is 4. The first-order chi connectivity index (χ1) is 16.0. The van der Waals surface area contributed by atoms with Crippen molar-refractivity contribution in [3.05, 3.63) is 69.8 Å². The Morgan fingerprint density at radius 2 is 1.88 bits per heavy atom. The van der Waals surface area contributed by atoms with Crippen molar-refractivity contribution in [1.82, 2.24) is 0 Å². The molecule has 0 aliphatic carbocycles. The molecule has 3 aromatic carbocycles. The molecule has 0 atom stereocenters. The van der Waals surface area contributed by atoms with Crippen molar-refractivity contribution < 1.29 is 36.7 Å². The molecule has 1 heterocycles. The Morgan fingerprint density at radius 1 is 1.15 bits per heavy atom. The third-order valence-corrected chi connectivity index (χ3v) is 5.30. The van der Waals surface area contributed by atoms with Crippen LogP contribution >= 0.6 is 0 Å². The second kappa shape index (κ2) is 8.25. The lowest BCUT2D eigenvalue weighted by Gasteiger charge is -2.11. The van der Waals surface area contributed by atoms with Crippen molar-refractivity contribution >= 4 is 22.3 Å². The van der Waals surface area contributed by atoms with E-state index in [0.717, 1.165) is 24.3 Å². The summed E-state index contributed by atoms with van der Waals surface area (Å²) in [5.41, 5.74) is 4.40. The van der Waals surface area contributed by atoms with Crippen LogP contribution < -0.4 is 10.5 Å². The summed E-state index contributed by atoms with van der Waals surface area (Å²) in [6.07, 6.45) is -4.63. The van der Waals surface area contributed by atoms with Gasteiger partial charge in [-0.25, -0.2) is 4.39 Å². The summed E-state index contributed by atoms with van der Waals surface area (Å²) in [5.74, 6) is -1.06. The van der Waals surface area contributed by atoms with Gasteiger partial charge in [0.1, 0.15) is 12.4 Å². The maximum Gasteiger partial charge on any atom is 0.416 e. The fourth-order valence-electron chi connectivity index (χ4n) is 3.76. The van der Waals surface area contributed by atoms with Crippen LogP contribution in [0.1, 0.15) is 11.1 Å². The first-order valence-electron chi connectivity index (χ1n) is 9.69. The molecule has 0 fully saturated rings. The largest absolute Gasteiger partial charge is 0.504 e. The van der Waals surface area contributed by atoms with Crippen LogP contribution in [0.2, 0.25) is 0 Å². The third-order valence-electron chi connectivity index (χ3n) is 5.30. The van der Waals surface area contributed by atoms with Crippen molar-refractivity contribution in [2.24, 2.45) is 0 Å². The Balaban J connectivity index is 2.01. The summed E-state index contributed by atoms with van der Waals surface area (Å²) in [6.45, 7) is -0.996. The molecule has 0 saturated carbocycles. The topological polar surface area (TPSA) is 112 Å². The number of non-ortho nitro benzene ring substituents is 1. The summed E-state index contributed by atoms with van der Waals surface area (Å²) >= 11 is 0. The van der Waals surface area contributed by atoms with Crippen LogP contribution in [0.5, 0.6) is 11.5 Å². The number of aromatic hydroxyl groups is 1. The van der Waals surface area contributed by atoms with Gasteiger partial charge in [-0.3, -0.25) is 10.1 Å². The molecule has 0 spiro atoms. The predicted octanol–water partition coefficient (Wildman–Crippen LogP) is 6.46.